The summed E-state index contributed by atoms with van der Waals surface area (Å²) >= 11 is 0. The molecule has 1 aromatic rings. The second-order valence-corrected chi connectivity index (χ2v) is 6.29. The Morgan fingerprint density at radius 3 is 2.72 bits per heavy atom. The van der Waals surface area contributed by atoms with Gasteiger partial charge < -0.3 is 19.7 Å². The van der Waals surface area contributed by atoms with Crippen molar-refractivity contribution in [2.24, 2.45) is 5.92 Å². The molecule has 1 aromatic carbocycles. The van der Waals surface area contributed by atoms with E-state index in [0.717, 1.165) is 38.0 Å². The molecule has 0 bridgehead atoms. The van der Waals surface area contributed by atoms with Gasteiger partial charge in [0.2, 0.25) is 5.91 Å². The van der Waals surface area contributed by atoms with Crippen molar-refractivity contribution in [1.29, 1.82) is 0 Å². The molecule has 1 N–H and O–H groups in total. The van der Waals surface area contributed by atoms with Crippen LogP contribution < -0.4 is 10.2 Å². The Balaban J connectivity index is 1.80. The number of nitrogens with one attached hydrogen (secondary N) is 1. The molecule has 25 heavy (non-hydrogen) atoms. The monoisotopic (exact) mass is 344 g/mol. The first-order valence-corrected chi connectivity index (χ1v) is 8.70. The van der Waals surface area contributed by atoms with Crippen molar-refractivity contribution in [2.45, 2.75) is 19.3 Å². The number of ether oxygens (including phenoxy) is 2. The number of rotatable bonds is 4. The van der Waals surface area contributed by atoms with Crippen molar-refractivity contribution in [2.75, 3.05) is 43.6 Å². The van der Waals surface area contributed by atoms with Gasteiger partial charge in [-0.2, -0.15) is 0 Å². The first kappa shape index (κ1) is 17.5. The van der Waals surface area contributed by atoms with Crippen LogP contribution in [0.3, 0.4) is 0 Å². The Kier molecular flexibility index (Phi) is 5.71. The Hall–Kier alpha value is -2.34. The fraction of sp³-hybridized carbons (Fsp3) is 0.474. The quantitative estimate of drug-likeness (QED) is 0.672. The lowest BCUT2D eigenvalue weighted by Gasteiger charge is -2.29. The third-order valence-corrected chi connectivity index (χ3v) is 4.68. The van der Waals surface area contributed by atoms with Crippen LogP contribution >= 0.6 is 0 Å². The van der Waals surface area contributed by atoms with E-state index in [1.807, 2.05) is 12.1 Å². The van der Waals surface area contributed by atoms with Crippen molar-refractivity contribution in [3.8, 4) is 0 Å². The molecule has 1 saturated heterocycles. The molecule has 6 nitrogen and oxygen atoms in total. The number of esters is 1. The fourth-order valence-electron chi connectivity index (χ4n) is 3.20. The van der Waals surface area contributed by atoms with Gasteiger partial charge in [-0.3, -0.25) is 4.79 Å². The second kappa shape index (κ2) is 8.16. The van der Waals surface area contributed by atoms with Gasteiger partial charge in [0.15, 0.2) is 0 Å². The minimum atomic E-state index is -0.450. The number of anilines is 2. The van der Waals surface area contributed by atoms with E-state index >= 15 is 0 Å². The van der Waals surface area contributed by atoms with Crippen molar-refractivity contribution < 1.29 is 19.1 Å². The van der Waals surface area contributed by atoms with Gasteiger partial charge in [-0.15, -0.1) is 0 Å². The molecule has 1 aliphatic heterocycles. The van der Waals surface area contributed by atoms with Crippen molar-refractivity contribution in [1.82, 2.24) is 0 Å². The maximum atomic E-state index is 12.5. The van der Waals surface area contributed by atoms with Crippen molar-refractivity contribution in [3.63, 3.8) is 0 Å². The summed E-state index contributed by atoms with van der Waals surface area (Å²) < 4.78 is 10.3. The predicted octanol–water partition coefficient (Wildman–Crippen LogP) is 2.60. The number of morpholine rings is 1. The summed E-state index contributed by atoms with van der Waals surface area (Å²) in [7, 11) is 1.35. The van der Waals surface area contributed by atoms with Crippen LogP contribution in [0.5, 0.6) is 0 Å². The number of methoxy groups -OCH3 is 1. The largest absolute Gasteiger partial charge is 0.465 e. The maximum Gasteiger partial charge on any atom is 0.340 e. The van der Waals surface area contributed by atoms with Gasteiger partial charge in [-0.25, -0.2) is 4.79 Å². The molecule has 3 rings (SSSR count). The lowest BCUT2D eigenvalue weighted by Crippen LogP contribution is -2.36. The normalized spacial score (nSPS) is 20.2. The number of amides is 1. The number of benzene rings is 1. The van der Waals surface area contributed by atoms with E-state index in [2.05, 4.69) is 16.3 Å². The van der Waals surface area contributed by atoms with Gasteiger partial charge in [0, 0.05) is 24.7 Å². The molecule has 0 spiro atoms. The summed E-state index contributed by atoms with van der Waals surface area (Å²) in [5, 5.41) is 2.91. The Morgan fingerprint density at radius 1 is 1.24 bits per heavy atom. The minimum Gasteiger partial charge on any atom is -0.465 e. The molecule has 0 aromatic heterocycles. The summed E-state index contributed by atoms with van der Waals surface area (Å²) in [6, 6.07) is 5.50. The molecule has 0 saturated carbocycles. The highest BCUT2D eigenvalue weighted by molar-refractivity contribution is 6.02. The highest BCUT2D eigenvalue weighted by atomic mass is 16.5. The number of hydrogen-bond acceptors (Lipinski definition) is 5. The van der Waals surface area contributed by atoms with Crippen LogP contribution in [-0.2, 0) is 14.3 Å². The molecule has 1 fully saturated rings. The average molecular weight is 344 g/mol. The van der Waals surface area contributed by atoms with Crippen LogP contribution in [0.4, 0.5) is 11.4 Å². The van der Waals surface area contributed by atoms with Gasteiger partial charge in [0.1, 0.15) is 0 Å². The first-order chi connectivity index (χ1) is 12.2. The summed E-state index contributed by atoms with van der Waals surface area (Å²) in [5.74, 6) is -0.544. The van der Waals surface area contributed by atoms with E-state index in [1.165, 1.54) is 7.11 Å². The summed E-state index contributed by atoms with van der Waals surface area (Å²) in [6.45, 7) is 2.89. The minimum absolute atomic E-state index is 0.0468. The number of carbonyl (C=O) groups is 2. The van der Waals surface area contributed by atoms with Gasteiger partial charge in [-0.1, -0.05) is 12.2 Å². The van der Waals surface area contributed by atoms with E-state index in [1.54, 1.807) is 12.1 Å². The topological polar surface area (TPSA) is 67.9 Å². The predicted molar refractivity (Wildman–Crippen MR) is 95.9 cm³/mol. The number of carbonyl (C=O) groups excluding carboxylic acids is 2. The standard InChI is InChI=1S/C19H24N2O4/c1-24-19(23)16-13-15(21-9-11-25-12-10-21)7-8-17(16)20-18(22)14-5-3-2-4-6-14/h2-3,7-8,13-14H,4-6,9-12H2,1H3,(H,20,22). The Bertz CT molecular complexity index is 665. The van der Waals surface area contributed by atoms with E-state index < -0.39 is 5.97 Å². The molecule has 1 aliphatic carbocycles. The van der Waals surface area contributed by atoms with E-state index in [9.17, 15) is 9.59 Å². The average Bonchev–Trinajstić information content (AvgIpc) is 2.69. The molecule has 1 unspecified atom stereocenters. The molecule has 2 aliphatic rings. The molecule has 134 valence electrons. The van der Waals surface area contributed by atoms with Gasteiger partial charge in [0.25, 0.3) is 0 Å². The van der Waals surface area contributed by atoms with Gasteiger partial charge in [-0.05, 0) is 37.5 Å². The van der Waals surface area contributed by atoms with E-state index in [4.69, 9.17) is 9.47 Å². The third-order valence-electron chi connectivity index (χ3n) is 4.68. The molecule has 0 radical (unpaired) electrons. The SMILES string of the molecule is COC(=O)c1cc(N2CCOCC2)ccc1NC(=O)C1CC=CCC1. The van der Waals surface area contributed by atoms with Gasteiger partial charge >= 0.3 is 5.97 Å². The van der Waals surface area contributed by atoms with Crippen LogP contribution in [0.25, 0.3) is 0 Å². The maximum absolute atomic E-state index is 12.5. The zero-order valence-electron chi connectivity index (χ0n) is 14.5. The van der Waals surface area contributed by atoms with E-state index in [0.29, 0.717) is 24.5 Å². The molecule has 1 amide bonds. The molecule has 6 heteroatoms. The molecule has 1 heterocycles. The van der Waals surface area contributed by atoms with E-state index in [-0.39, 0.29) is 11.8 Å². The Labute approximate surface area is 147 Å². The van der Waals surface area contributed by atoms with Crippen LogP contribution in [0.1, 0.15) is 29.6 Å². The van der Waals surface area contributed by atoms with Crippen molar-refractivity contribution in [3.05, 3.63) is 35.9 Å². The van der Waals surface area contributed by atoms with Crippen molar-refractivity contribution >= 4 is 23.3 Å². The van der Waals surface area contributed by atoms with Crippen LogP contribution in [0.2, 0.25) is 0 Å². The lowest BCUT2D eigenvalue weighted by atomic mass is 9.93. The molecular formula is C19H24N2O4. The first-order valence-electron chi connectivity index (χ1n) is 8.70. The number of hydrogen-bond donors (Lipinski definition) is 1. The highest BCUT2D eigenvalue weighted by Gasteiger charge is 2.22. The summed E-state index contributed by atoms with van der Waals surface area (Å²) in [4.78, 5) is 26.9. The number of allylic oxidation sites excluding steroid dienone is 2. The fourth-order valence-corrected chi connectivity index (χ4v) is 3.20. The third kappa shape index (κ3) is 4.20. The van der Waals surface area contributed by atoms with Crippen LogP contribution in [-0.4, -0.2) is 45.3 Å². The zero-order chi connectivity index (χ0) is 17.6. The zero-order valence-corrected chi connectivity index (χ0v) is 14.5. The summed E-state index contributed by atoms with van der Waals surface area (Å²) in [6.07, 6.45) is 6.63. The highest BCUT2D eigenvalue weighted by Crippen LogP contribution is 2.27. The lowest BCUT2D eigenvalue weighted by molar-refractivity contribution is -0.120. The van der Waals surface area contributed by atoms with Crippen LogP contribution in [0, 0.1) is 5.92 Å². The van der Waals surface area contributed by atoms with Crippen LogP contribution in [0.15, 0.2) is 30.4 Å². The van der Waals surface area contributed by atoms with Gasteiger partial charge in [0.05, 0.1) is 31.6 Å². The Morgan fingerprint density at radius 2 is 2.04 bits per heavy atom. The smallest absolute Gasteiger partial charge is 0.340 e. The number of nitrogens with zero attached hydrogens (tertiary/aromatic N) is 1. The molecule has 1 atom stereocenters. The summed E-state index contributed by atoms with van der Waals surface area (Å²) in [5.41, 5.74) is 1.82. The second-order valence-electron chi connectivity index (χ2n) is 6.29. The molecular weight excluding hydrogens is 320 g/mol.